The zero-order valence-electron chi connectivity index (χ0n) is 11.7. The molecule has 0 heterocycles. The second-order valence-electron chi connectivity index (χ2n) is 4.63. The molecule has 2 aromatic rings. The third kappa shape index (κ3) is 3.82. The predicted molar refractivity (Wildman–Crippen MR) is 81.2 cm³/mol. The number of hydrogen-bond acceptors (Lipinski definition) is 2. The van der Waals surface area contributed by atoms with Gasteiger partial charge in [0.15, 0.2) is 0 Å². The number of ether oxygens (including phenoxy) is 1. The molecule has 0 radical (unpaired) electrons. The van der Waals surface area contributed by atoms with Crippen molar-refractivity contribution in [2.24, 2.45) is 0 Å². The number of carbonyl (C=O) groups excluding carboxylic acids is 1. The molecule has 1 atom stereocenters. The highest BCUT2D eigenvalue weighted by Gasteiger charge is 2.08. The van der Waals surface area contributed by atoms with Gasteiger partial charge in [0.05, 0.1) is 0 Å². The van der Waals surface area contributed by atoms with Crippen LogP contribution in [0.5, 0.6) is 0 Å². The Morgan fingerprint density at radius 2 is 1.40 bits per heavy atom. The fraction of sp³-hybridized carbons (Fsp3) is 0.167. The second kappa shape index (κ2) is 6.71. The van der Waals surface area contributed by atoms with E-state index in [1.807, 2.05) is 49.4 Å². The molecule has 0 aliphatic heterocycles. The van der Waals surface area contributed by atoms with E-state index in [4.69, 9.17) is 4.74 Å². The summed E-state index contributed by atoms with van der Waals surface area (Å²) in [7, 11) is 0. The zero-order valence-corrected chi connectivity index (χ0v) is 11.7. The van der Waals surface area contributed by atoms with Gasteiger partial charge in [-0.25, -0.2) is 0 Å². The van der Waals surface area contributed by atoms with Crippen LogP contribution in [0.1, 0.15) is 25.0 Å². The van der Waals surface area contributed by atoms with Crippen LogP contribution in [0.4, 0.5) is 0 Å². The van der Waals surface area contributed by atoms with Crippen molar-refractivity contribution in [3.63, 3.8) is 0 Å². The summed E-state index contributed by atoms with van der Waals surface area (Å²) >= 11 is 0. The monoisotopic (exact) mass is 266 g/mol. The lowest BCUT2D eigenvalue weighted by atomic mass is 9.96. The Bertz CT molecular complexity index is 544. The van der Waals surface area contributed by atoms with Crippen molar-refractivity contribution in [3.8, 4) is 0 Å². The van der Waals surface area contributed by atoms with Crippen molar-refractivity contribution in [1.29, 1.82) is 0 Å². The Hall–Kier alpha value is -2.35. The molecule has 0 aliphatic carbocycles. The Labute approximate surface area is 119 Å². The highest BCUT2D eigenvalue weighted by atomic mass is 16.5. The number of hydrogen-bond donors (Lipinski definition) is 0. The van der Waals surface area contributed by atoms with Crippen LogP contribution >= 0.6 is 0 Å². The van der Waals surface area contributed by atoms with Crippen LogP contribution in [0.3, 0.4) is 0 Å². The van der Waals surface area contributed by atoms with Crippen LogP contribution in [-0.4, -0.2) is 12.1 Å². The van der Waals surface area contributed by atoms with Crippen LogP contribution in [0.25, 0.3) is 5.57 Å². The molecule has 2 rings (SSSR count). The maximum Gasteiger partial charge on any atom is 0.303 e. The van der Waals surface area contributed by atoms with Gasteiger partial charge in [-0.1, -0.05) is 60.7 Å². The molecule has 0 aromatic heterocycles. The van der Waals surface area contributed by atoms with Gasteiger partial charge in [0.1, 0.15) is 6.10 Å². The van der Waals surface area contributed by atoms with E-state index in [2.05, 4.69) is 24.3 Å². The SMILES string of the molecule is CC(=O)O[C@H](C)C=C(c1ccccc1)c1ccccc1. The van der Waals surface area contributed by atoms with E-state index in [1.165, 1.54) is 6.92 Å². The molecule has 102 valence electrons. The molecule has 20 heavy (non-hydrogen) atoms. The normalized spacial score (nSPS) is 11.5. The van der Waals surface area contributed by atoms with Gasteiger partial charge in [-0.05, 0) is 29.7 Å². The van der Waals surface area contributed by atoms with E-state index in [9.17, 15) is 4.79 Å². The van der Waals surface area contributed by atoms with Crippen LogP contribution in [0, 0.1) is 0 Å². The first kappa shape index (κ1) is 14.1. The van der Waals surface area contributed by atoms with Crippen LogP contribution in [0.2, 0.25) is 0 Å². The molecule has 2 nitrogen and oxygen atoms in total. The summed E-state index contributed by atoms with van der Waals surface area (Å²) < 4.78 is 5.21. The third-order valence-corrected chi connectivity index (χ3v) is 2.92. The maximum absolute atomic E-state index is 11.1. The molecule has 0 fully saturated rings. The molecule has 0 saturated carbocycles. The van der Waals surface area contributed by atoms with Gasteiger partial charge in [0, 0.05) is 6.92 Å². The second-order valence-corrected chi connectivity index (χ2v) is 4.63. The molecule has 0 bridgehead atoms. The minimum atomic E-state index is -0.269. The highest BCUT2D eigenvalue weighted by molar-refractivity contribution is 5.80. The first-order valence-electron chi connectivity index (χ1n) is 6.66. The van der Waals surface area contributed by atoms with Gasteiger partial charge in [-0.3, -0.25) is 4.79 Å². The highest BCUT2D eigenvalue weighted by Crippen LogP contribution is 2.24. The lowest BCUT2D eigenvalue weighted by molar-refractivity contribution is -0.143. The molecular formula is C18H18O2. The van der Waals surface area contributed by atoms with Crippen molar-refractivity contribution in [3.05, 3.63) is 77.9 Å². The van der Waals surface area contributed by atoms with Crippen molar-refractivity contribution >= 4 is 11.5 Å². The summed E-state index contributed by atoms with van der Waals surface area (Å²) in [5.41, 5.74) is 3.29. The summed E-state index contributed by atoms with van der Waals surface area (Å²) in [5.74, 6) is -0.269. The number of benzene rings is 2. The van der Waals surface area contributed by atoms with Gasteiger partial charge in [-0.2, -0.15) is 0 Å². The van der Waals surface area contributed by atoms with Crippen LogP contribution < -0.4 is 0 Å². The van der Waals surface area contributed by atoms with Crippen molar-refractivity contribution < 1.29 is 9.53 Å². The topological polar surface area (TPSA) is 26.3 Å². The molecule has 0 spiro atoms. The maximum atomic E-state index is 11.1. The first-order valence-corrected chi connectivity index (χ1v) is 6.66. The van der Waals surface area contributed by atoms with Crippen LogP contribution in [0.15, 0.2) is 66.7 Å². The minimum absolute atomic E-state index is 0.261. The van der Waals surface area contributed by atoms with Gasteiger partial charge in [0.25, 0.3) is 0 Å². The van der Waals surface area contributed by atoms with Crippen molar-refractivity contribution in [2.75, 3.05) is 0 Å². The van der Waals surface area contributed by atoms with E-state index in [-0.39, 0.29) is 12.1 Å². The standard InChI is InChI=1S/C18H18O2/c1-14(20-15(2)19)13-18(16-9-5-3-6-10-16)17-11-7-4-8-12-17/h3-14H,1-2H3/t14-/m1/s1. The van der Waals surface area contributed by atoms with Gasteiger partial charge in [-0.15, -0.1) is 0 Å². The summed E-state index contributed by atoms with van der Waals surface area (Å²) in [6.07, 6.45) is 1.72. The smallest absolute Gasteiger partial charge is 0.303 e. The predicted octanol–water partition coefficient (Wildman–Crippen LogP) is 4.07. The molecule has 2 heteroatoms. The average molecular weight is 266 g/mol. The van der Waals surface area contributed by atoms with Gasteiger partial charge in [0.2, 0.25) is 0 Å². The quantitative estimate of drug-likeness (QED) is 0.780. The molecular weight excluding hydrogens is 248 g/mol. The minimum Gasteiger partial charge on any atom is -0.459 e. The zero-order chi connectivity index (χ0) is 14.4. The molecule has 0 saturated heterocycles. The Balaban J connectivity index is 2.40. The first-order chi connectivity index (χ1) is 9.66. The Morgan fingerprint density at radius 1 is 0.950 bits per heavy atom. The van der Waals surface area contributed by atoms with E-state index >= 15 is 0 Å². The summed E-state index contributed by atoms with van der Waals surface area (Å²) in [4.78, 5) is 11.1. The third-order valence-electron chi connectivity index (χ3n) is 2.92. The molecule has 0 unspecified atom stereocenters. The molecule has 0 N–H and O–H groups in total. The number of esters is 1. The Kier molecular flexibility index (Phi) is 4.72. The lowest BCUT2D eigenvalue weighted by Crippen LogP contribution is -2.10. The molecule has 0 aliphatic rings. The van der Waals surface area contributed by atoms with E-state index < -0.39 is 0 Å². The van der Waals surface area contributed by atoms with Gasteiger partial charge < -0.3 is 4.74 Å². The fourth-order valence-electron chi connectivity index (χ4n) is 2.13. The van der Waals surface area contributed by atoms with Gasteiger partial charge >= 0.3 is 5.97 Å². The van der Waals surface area contributed by atoms with E-state index in [1.54, 1.807) is 0 Å². The van der Waals surface area contributed by atoms with E-state index in [0.717, 1.165) is 16.7 Å². The van der Waals surface area contributed by atoms with Crippen LogP contribution in [-0.2, 0) is 9.53 Å². The summed E-state index contributed by atoms with van der Waals surface area (Å²) in [5, 5.41) is 0. The largest absolute Gasteiger partial charge is 0.459 e. The van der Waals surface area contributed by atoms with Crippen molar-refractivity contribution in [2.45, 2.75) is 20.0 Å². The van der Waals surface area contributed by atoms with Crippen molar-refractivity contribution in [1.82, 2.24) is 0 Å². The summed E-state index contributed by atoms with van der Waals surface area (Å²) in [6, 6.07) is 20.2. The van der Waals surface area contributed by atoms with E-state index in [0.29, 0.717) is 0 Å². The summed E-state index contributed by atoms with van der Waals surface area (Å²) in [6.45, 7) is 3.29. The molecule has 0 amide bonds. The molecule has 2 aromatic carbocycles. The fourth-order valence-corrected chi connectivity index (χ4v) is 2.13. The number of rotatable bonds is 4. The number of carbonyl (C=O) groups is 1. The lowest BCUT2D eigenvalue weighted by Gasteiger charge is -2.13. The average Bonchev–Trinajstić information content (AvgIpc) is 2.46. The Morgan fingerprint density at radius 3 is 1.80 bits per heavy atom.